The lowest BCUT2D eigenvalue weighted by atomic mass is 9.93. The van der Waals surface area contributed by atoms with Crippen molar-refractivity contribution in [2.45, 2.75) is 0 Å². The van der Waals surface area contributed by atoms with E-state index in [-0.39, 0.29) is 0 Å². The number of hydrogen-bond donors (Lipinski definition) is 0. The summed E-state index contributed by atoms with van der Waals surface area (Å²) in [4.78, 5) is 10.9. The Morgan fingerprint density at radius 2 is 1.37 bits per heavy atom. The van der Waals surface area contributed by atoms with Crippen molar-refractivity contribution < 1.29 is 4.79 Å². The van der Waals surface area contributed by atoms with E-state index in [4.69, 9.17) is 0 Å². The van der Waals surface area contributed by atoms with E-state index in [1.54, 1.807) is 0 Å². The quantitative estimate of drug-likeness (QED) is 0.168. The zero-order valence-corrected chi connectivity index (χ0v) is 16.0. The standard InChI is InChI=1S/C25H15BrO/c26-25-20-5-2-1-4-18(20)14-24-21-7-3-6-19(22(21)12-13-23(24)25)17-10-8-16(15-27)9-11-17/h1-15H. The smallest absolute Gasteiger partial charge is 0.150 e. The summed E-state index contributed by atoms with van der Waals surface area (Å²) in [6.07, 6.45) is 0.878. The van der Waals surface area contributed by atoms with Crippen molar-refractivity contribution >= 4 is 54.5 Å². The Hall–Kier alpha value is -2.97. The molecule has 128 valence electrons. The minimum Gasteiger partial charge on any atom is -0.298 e. The zero-order chi connectivity index (χ0) is 18.4. The summed E-state index contributed by atoms with van der Waals surface area (Å²) >= 11 is 3.81. The summed E-state index contributed by atoms with van der Waals surface area (Å²) in [5.41, 5.74) is 2.99. The predicted molar refractivity (Wildman–Crippen MR) is 117 cm³/mol. The molecular formula is C25H15BrO. The number of fused-ring (bicyclic) bond motifs is 4. The molecule has 0 unspecified atom stereocenters. The van der Waals surface area contributed by atoms with Crippen molar-refractivity contribution in [1.82, 2.24) is 0 Å². The molecule has 0 radical (unpaired) electrons. The highest BCUT2D eigenvalue weighted by atomic mass is 79.9. The van der Waals surface area contributed by atoms with E-state index >= 15 is 0 Å². The topological polar surface area (TPSA) is 17.1 Å². The fraction of sp³-hybridized carbons (Fsp3) is 0. The number of rotatable bonds is 2. The summed E-state index contributed by atoms with van der Waals surface area (Å²) in [6, 6.07) is 29.3. The first-order valence-corrected chi connectivity index (χ1v) is 9.64. The Balaban J connectivity index is 1.85. The number of carbonyl (C=O) groups is 1. The predicted octanol–water partition coefficient (Wildman–Crippen LogP) is 7.39. The SMILES string of the molecule is O=Cc1ccc(-c2cccc3c2ccc2c(Br)c4ccccc4cc23)cc1. The van der Waals surface area contributed by atoms with Gasteiger partial charge in [-0.3, -0.25) is 4.79 Å². The van der Waals surface area contributed by atoms with E-state index in [2.05, 4.69) is 76.6 Å². The van der Waals surface area contributed by atoms with Crippen molar-refractivity contribution in [1.29, 1.82) is 0 Å². The van der Waals surface area contributed by atoms with E-state index in [9.17, 15) is 4.79 Å². The van der Waals surface area contributed by atoms with Crippen LogP contribution in [-0.4, -0.2) is 6.29 Å². The van der Waals surface area contributed by atoms with E-state index in [1.165, 1.54) is 37.9 Å². The van der Waals surface area contributed by atoms with Crippen LogP contribution in [0.15, 0.2) is 89.4 Å². The van der Waals surface area contributed by atoms with E-state index < -0.39 is 0 Å². The lowest BCUT2D eigenvalue weighted by molar-refractivity contribution is 0.112. The maximum Gasteiger partial charge on any atom is 0.150 e. The van der Waals surface area contributed by atoms with Crippen LogP contribution in [0.3, 0.4) is 0 Å². The molecule has 1 nitrogen and oxygen atoms in total. The van der Waals surface area contributed by atoms with Gasteiger partial charge in [-0.25, -0.2) is 0 Å². The molecule has 0 aromatic heterocycles. The van der Waals surface area contributed by atoms with Crippen LogP contribution in [0, 0.1) is 0 Å². The van der Waals surface area contributed by atoms with Crippen LogP contribution in [0.5, 0.6) is 0 Å². The van der Waals surface area contributed by atoms with Crippen LogP contribution in [0.4, 0.5) is 0 Å². The third kappa shape index (κ3) is 2.56. The van der Waals surface area contributed by atoms with Crippen LogP contribution in [0.1, 0.15) is 10.4 Å². The van der Waals surface area contributed by atoms with E-state index in [0.717, 1.165) is 16.3 Å². The van der Waals surface area contributed by atoms with Gasteiger partial charge in [0.1, 0.15) is 6.29 Å². The van der Waals surface area contributed by atoms with Crippen LogP contribution in [-0.2, 0) is 0 Å². The van der Waals surface area contributed by atoms with Crippen LogP contribution >= 0.6 is 15.9 Å². The molecule has 0 aliphatic carbocycles. The molecule has 0 saturated carbocycles. The van der Waals surface area contributed by atoms with Gasteiger partial charge in [0.15, 0.2) is 0 Å². The summed E-state index contributed by atoms with van der Waals surface area (Å²) < 4.78 is 1.14. The Morgan fingerprint density at radius 1 is 0.630 bits per heavy atom. The molecule has 2 heteroatoms. The van der Waals surface area contributed by atoms with Crippen LogP contribution in [0.2, 0.25) is 0 Å². The molecule has 0 aliphatic heterocycles. The van der Waals surface area contributed by atoms with Crippen molar-refractivity contribution in [2.24, 2.45) is 0 Å². The van der Waals surface area contributed by atoms with Gasteiger partial charge in [0.2, 0.25) is 0 Å². The minimum atomic E-state index is 0.694. The fourth-order valence-electron chi connectivity index (χ4n) is 3.84. The molecule has 0 aliphatic rings. The van der Waals surface area contributed by atoms with E-state index in [1.807, 2.05) is 24.3 Å². The van der Waals surface area contributed by atoms with Gasteiger partial charge < -0.3 is 0 Å². The van der Waals surface area contributed by atoms with E-state index in [0.29, 0.717) is 5.56 Å². The zero-order valence-electron chi connectivity index (χ0n) is 14.4. The molecule has 5 aromatic rings. The van der Waals surface area contributed by atoms with Gasteiger partial charge in [0.05, 0.1) is 0 Å². The summed E-state index contributed by atoms with van der Waals surface area (Å²) in [7, 11) is 0. The molecule has 27 heavy (non-hydrogen) atoms. The van der Waals surface area contributed by atoms with Gasteiger partial charge in [-0.2, -0.15) is 0 Å². The first-order chi connectivity index (χ1) is 13.3. The number of halogens is 1. The molecule has 0 atom stereocenters. The summed E-state index contributed by atoms with van der Waals surface area (Å²) in [6.45, 7) is 0. The molecule has 0 heterocycles. The number of carbonyl (C=O) groups excluding carboxylic acids is 1. The number of aldehydes is 1. The monoisotopic (exact) mass is 410 g/mol. The Kier molecular flexibility index (Phi) is 3.80. The molecule has 5 aromatic carbocycles. The average Bonchev–Trinajstić information content (AvgIpc) is 2.73. The molecule has 5 rings (SSSR count). The maximum atomic E-state index is 10.9. The van der Waals surface area contributed by atoms with Gasteiger partial charge in [-0.05, 0) is 65.4 Å². The molecular weight excluding hydrogens is 396 g/mol. The second-order valence-electron chi connectivity index (χ2n) is 6.71. The van der Waals surface area contributed by atoms with Gasteiger partial charge in [0, 0.05) is 10.0 Å². The van der Waals surface area contributed by atoms with Crippen LogP contribution in [0.25, 0.3) is 43.4 Å². The van der Waals surface area contributed by atoms with Gasteiger partial charge in [-0.1, -0.05) is 78.9 Å². The third-order valence-corrected chi connectivity index (χ3v) is 6.05. The van der Waals surface area contributed by atoms with Crippen molar-refractivity contribution in [3.8, 4) is 11.1 Å². The van der Waals surface area contributed by atoms with Crippen LogP contribution < -0.4 is 0 Å². The lowest BCUT2D eigenvalue weighted by Crippen LogP contribution is -1.86. The third-order valence-electron chi connectivity index (χ3n) is 5.19. The largest absolute Gasteiger partial charge is 0.298 e. The molecule has 0 saturated heterocycles. The Labute approximate surface area is 165 Å². The molecule has 0 bridgehead atoms. The molecule has 0 spiro atoms. The molecule has 0 fully saturated rings. The van der Waals surface area contributed by atoms with Crippen molar-refractivity contribution in [2.75, 3.05) is 0 Å². The summed E-state index contributed by atoms with van der Waals surface area (Å²) in [5, 5.41) is 7.36. The van der Waals surface area contributed by atoms with Crippen molar-refractivity contribution in [3.05, 3.63) is 95.0 Å². The molecule has 0 amide bonds. The average molecular weight is 411 g/mol. The lowest BCUT2D eigenvalue weighted by Gasteiger charge is -2.12. The second-order valence-corrected chi connectivity index (χ2v) is 7.51. The maximum absolute atomic E-state index is 10.9. The Bertz CT molecular complexity index is 1330. The van der Waals surface area contributed by atoms with Crippen molar-refractivity contribution in [3.63, 3.8) is 0 Å². The Morgan fingerprint density at radius 3 is 2.19 bits per heavy atom. The van der Waals surface area contributed by atoms with Gasteiger partial charge >= 0.3 is 0 Å². The fourth-order valence-corrected chi connectivity index (χ4v) is 4.55. The number of hydrogen-bond acceptors (Lipinski definition) is 1. The highest BCUT2D eigenvalue weighted by molar-refractivity contribution is 9.10. The summed E-state index contributed by atoms with van der Waals surface area (Å²) in [5.74, 6) is 0. The highest BCUT2D eigenvalue weighted by Crippen LogP contribution is 2.39. The molecule has 0 N–H and O–H groups in total. The highest BCUT2D eigenvalue weighted by Gasteiger charge is 2.10. The first kappa shape index (κ1) is 16.2. The van der Waals surface area contributed by atoms with Gasteiger partial charge in [0.25, 0.3) is 0 Å². The second kappa shape index (κ2) is 6.33. The number of benzene rings is 5. The normalized spacial score (nSPS) is 11.3. The first-order valence-electron chi connectivity index (χ1n) is 8.84. The minimum absolute atomic E-state index is 0.694. The van der Waals surface area contributed by atoms with Gasteiger partial charge in [-0.15, -0.1) is 0 Å².